The van der Waals surface area contributed by atoms with Crippen LogP contribution in [-0.2, 0) is 17.0 Å². The first-order valence-corrected chi connectivity index (χ1v) is 11.6. The molecule has 0 aliphatic carbocycles. The zero-order valence-corrected chi connectivity index (χ0v) is 19.2. The maximum Gasteiger partial charge on any atom is 0.338 e. The molecule has 0 N–H and O–H groups in total. The van der Waals surface area contributed by atoms with Crippen molar-refractivity contribution in [2.45, 2.75) is 24.4 Å². The van der Waals surface area contributed by atoms with E-state index in [9.17, 15) is 9.18 Å². The van der Waals surface area contributed by atoms with Crippen LogP contribution < -0.4 is 0 Å². The van der Waals surface area contributed by atoms with Gasteiger partial charge in [-0.1, -0.05) is 52.0 Å². The van der Waals surface area contributed by atoms with Crippen molar-refractivity contribution in [1.29, 1.82) is 0 Å². The first kappa shape index (κ1) is 21.6. The lowest BCUT2D eigenvalue weighted by Gasteiger charge is -2.10. The Kier molecular flexibility index (Phi) is 6.73. The smallest absolute Gasteiger partial charge is 0.338 e. The molecule has 3 aromatic carbocycles. The highest BCUT2D eigenvalue weighted by molar-refractivity contribution is 9.10. The summed E-state index contributed by atoms with van der Waals surface area (Å²) < 4.78 is 21.9. The molecule has 4 aromatic rings. The average molecular weight is 499 g/mol. The summed E-state index contributed by atoms with van der Waals surface area (Å²) in [5.74, 6) is 0.105. The van der Waals surface area contributed by atoms with E-state index in [1.54, 1.807) is 36.9 Å². The number of benzene rings is 3. The fourth-order valence-electron chi connectivity index (χ4n) is 3.26. The summed E-state index contributed by atoms with van der Waals surface area (Å²) in [6.07, 6.45) is 0. The monoisotopic (exact) mass is 498 g/mol. The minimum Gasteiger partial charge on any atom is -0.462 e. The van der Waals surface area contributed by atoms with Crippen LogP contribution in [0.1, 0.15) is 28.4 Å². The van der Waals surface area contributed by atoms with E-state index in [1.165, 1.54) is 17.7 Å². The Balaban J connectivity index is 1.70. The number of carbonyl (C=O) groups is 1. The molecule has 4 rings (SSSR count). The van der Waals surface area contributed by atoms with Crippen molar-refractivity contribution in [2.24, 2.45) is 0 Å². The van der Waals surface area contributed by atoms with Crippen LogP contribution >= 0.6 is 27.7 Å². The van der Waals surface area contributed by atoms with Gasteiger partial charge in [-0.25, -0.2) is 14.2 Å². The maximum atomic E-state index is 13.7. The number of ether oxygens (including phenoxy) is 1. The molecule has 0 fully saturated rings. The van der Waals surface area contributed by atoms with Crippen LogP contribution in [0.15, 0.2) is 76.4 Å². The third kappa shape index (κ3) is 5.17. The van der Waals surface area contributed by atoms with Gasteiger partial charge in [0.1, 0.15) is 5.82 Å². The number of aromatic nitrogens is 2. The zero-order valence-electron chi connectivity index (χ0n) is 16.8. The maximum absolute atomic E-state index is 13.7. The van der Waals surface area contributed by atoms with E-state index in [4.69, 9.17) is 9.72 Å². The molecular weight excluding hydrogens is 479 g/mol. The van der Waals surface area contributed by atoms with Crippen LogP contribution in [0.25, 0.3) is 11.0 Å². The van der Waals surface area contributed by atoms with Gasteiger partial charge in [-0.15, -0.1) is 0 Å². The van der Waals surface area contributed by atoms with Crippen LogP contribution in [0, 0.1) is 5.82 Å². The fraction of sp³-hybridized carbons (Fsp3) is 0.167. The van der Waals surface area contributed by atoms with E-state index in [-0.39, 0.29) is 11.8 Å². The molecular formula is C24H20BrFN2O2S. The van der Waals surface area contributed by atoms with E-state index in [0.29, 0.717) is 24.2 Å². The number of carbonyl (C=O) groups excluding carboxylic acids is 1. The van der Waals surface area contributed by atoms with Crippen LogP contribution in [-0.4, -0.2) is 22.1 Å². The van der Waals surface area contributed by atoms with Gasteiger partial charge in [0, 0.05) is 10.2 Å². The average Bonchev–Trinajstić information content (AvgIpc) is 3.10. The topological polar surface area (TPSA) is 44.1 Å². The minimum atomic E-state index is -0.367. The Morgan fingerprint density at radius 2 is 1.90 bits per heavy atom. The first-order valence-electron chi connectivity index (χ1n) is 9.82. The first-order chi connectivity index (χ1) is 15.0. The number of nitrogens with zero attached hydrogens (tertiary/aromatic N) is 2. The van der Waals surface area contributed by atoms with E-state index in [1.807, 2.05) is 24.3 Å². The summed E-state index contributed by atoms with van der Waals surface area (Å²) in [5, 5.41) is 0.809. The normalized spacial score (nSPS) is 11.1. The number of fused-ring (bicyclic) bond motifs is 1. The van der Waals surface area contributed by atoms with Gasteiger partial charge < -0.3 is 9.30 Å². The molecule has 0 radical (unpaired) electrons. The molecule has 0 aliphatic heterocycles. The highest BCUT2D eigenvalue weighted by Gasteiger charge is 2.15. The second-order valence-electron chi connectivity index (χ2n) is 6.95. The Morgan fingerprint density at radius 3 is 2.65 bits per heavy atom. The molecule has 1 aromatic heterocycles. The number of hydrogen-bond donors (Lipinski definition) is 0. The number of hydrogen-bond acceptors (Lipinski definition) is 4. The van der Waals surface area contributed by atoms with Gasteiger partial charge in [-0.05, 0) is 60.5 Å². The molecule has 4 nitrogen and oxygen atoms in total. The summed E-state index contributed by atoms with van der Waals surface area (Å²) in [6.45, 7) is 2.58. The Morgan fingerprint density at radius 1 is 1.10 bits per heavy atom. The molecule has 0 spiro atoms. The predicted octanol–water partition coefficient (Wildman–Crippen LogP) is 6.46. The summed E-state index contributed by atoms with van der Waals surface area (Å²) in [7, 11) is 0. The number of rotatable bonds is 7. The van der Waals surface area contributed by atoms with Gasteiger partial charge in [0.2, 0.25) is 0 Å². The van der Waals surface area contributed by atoms with Crippen molar-refractivity contribution in [2.75, 3.05) is 6.61 Å². The second kappa shape index (κ2) is 9.66. The van der Waals surface area contributed by atoms with Crippen molar-refractivity contribution in [3.05, 3.63) is 93.7 Å². The summed E-state index contributed by atoms with van der Waals surface area (Å²) in [4.78, 5) is 16.9. The third-order valence-electron chi connectivity index (χ3n) is 4.74. The highest BCUT2D eigenvalue weighted by atomic mass is 79.9. The van der Waals surface area contributed by atoms with Gasteiger partial charge >= 0.3 is 5.97 Å². The summed E-state index contributed by atoms with van der Waals surface area (Å²) >= 11 is 5.06. The number of thioether (sulfide) groups is 1. The van der Waals surface area contributed by atoms with Crippen LogP contribution in [0.2, 0.25) is 0 Å². The lowest BCUT2D eigenvalue weighted by atomic mass is 10.2. The predicted molar refractivity (Wildman–Crippen MR) is 125 cm³/mol. The van der Waals surface area contributed by atoms with E-state index in [2.05, 4.69) is 32.6 Å². The summed E-state index contributed by atoms with van der Waals surface area (Å²) in [6, 6.07) is 20.1. The second-order valence-corrected chi connectivity index (χ2v) is 8.81. The molecule has 31 heavy (non-hydrogen) atoms. The lowest BCUT2D eigenvalue weighted by Crippen LogP contribution is -2.05. The molecule has 0 atom stereocenters. The molecule has 0 amide bonds. The van der Waals surface area contributed by atoms with Crippen molar-refractivity contribution in [3.8, 4) is 0 Å². The number of imidazole rings is 1. The van der Waals surface area contributed by atoms with Crippen molar-refractivity contribution in [1.82, 2.24) is 9.55 Å². The minimum absolute atomic E-state index is 0.268. The largest absolute Gasteiger partial charge is 0.462 e. The van der Waals surface area contributed by atoms with Crippen LogP contribution in [0.3, 0.4) is 0 Å². The quantitative estimate of drug-likeness (QED) is 0.216. The van der Waals surface area contributed by atoms with E-state index >= 15 is 0 Å². The van der Waals surface area contributed by atoms with Crippen LogP contribution in [0.4, 0.5) is 4.39 Å². The molecule has 7 heteroatoms. The van der Waals surface area contributed by atoms with E-state index < -0.39 is 0 Å². The summed E-state index contributed by atoms with van der Waals surface area (Å²) in [5.41, 5.74) is 4.08. The van der Waals surface area contributed by atoms with Gasteiger partial charge in [-0.3, -0.25) is 0 Å². The van der Waals surface area contributed by atoms with Crippen LogP contribution in [0.5, 0.6) is 0 Å². The van der Waals surface area contributed by atoms with Crippen molar-refractivity contribution >= 4 is 44.7 Å². The van der Waals surface area contributed by atoms with Gasteiger partial charge in [0.05, 0.1) is 29.7 Å². The molecule has 0 aliphatic rings. The number of esters is 1. The standard InChI is InChI=1S/C24H20BrFN2O2S/c1-2-30-23(29)18-8-11-22-21(13-18)27-24(31-15-16-6-9-19(25)10-7-16)28(22)14-17-4-3-5-20(26)12-17/h3-13H,2,14-15H2,1H3. The molecule has 0 saturated carbocycles. The lowest BCUT2D eigenvalue weighted by molar-refractivity contribution is 0.0526. The Bertz CT molecular complexity index is 1220. The molecule has 1 heterocycles. The molecule has 0 unspecified atom stereocenters. The zero-order chi connectivity index (χ0) is 21.8. The van der Waals surface area contributed by atoms with Crippen molar-refractivity contribution in [3.63, 3.8) is 0 Å². The van der Waals surface area contributed by atoms with E-state index in [0.717, 1.165) is 26.5 Å². The molecule has 158 valence electrons. The third-order valence-corrected chi connectivity index (χ3v) is 6.31. The molecule has 0 saturated heterocycles. The Hall–Kier alpha value is -2.64. The number of halogens is 2. The fourth-order valence-corrected chi connectivity index (χ4v) is 4.49. The molecule has 0 bridgehead atoms. The highest BCUT2D eigenvalue weighted by Crippen LogP contribution is 2.29. The van der Waals surface area contributed by atoms with Gasteiger partial charge in [0.25, 0.3) is 0 Å². The Labute approximate surface area is 192 Å². The SMILES string of the molecule is CCOC(=O)c1ccc2c(c1)nc(SCc1ccc(Br)cc1)n2Cc1cccc(F)c1. The van der Waals surface area contributed by atoms with Gasteiger partial charge in [-0.2, -0.15) is 0 Å². The van der Waals surface area contributed by atoms with Gasteiger partial charge in [0.15, 0.2) is 5.16 Å². The van der Waals surface area contributed by atoms with Crippen molar-refractivity contribution < 1.29 is 13.9 Å².